The lowest BCUT2D eigenvalue weighted by molar-refractivity contribution is 0.340. The van der Waals surface area contributed by atoms with Crippen molar-refractivity contribution in [3.63, 3.8) is 0 Å². The Labute approximate surface area is 158 Å². The molecule has 0 atom stereocenters. The molecule has 0 bridgehead atoms. The van der Waals surface area contributed by atoms with Crippen molar-refractivity contribution in [3.05, 3.63) is 66.2 Å². The van der Waals surface area contributed by atoms with Crippen LogP contribution in [0.25, 0.3) is 0 Å². The van der Waals surface area contributed by atoms with E-state index in [1.807, 2.05) is 38.1 Å². The van der Waals surface area contributed by atoms with E-state index in [0.717, 1.165) is 17.0 Å². The normalized spacial score (nSPS) is 11.0. The second kappa shape index (κ2) is 8.05. The van der Waals surface area contributed by atoms with Crippen LogP contribution in [0.4, 0.5) is 17.3 Å². The largest absolute Gasteiger partial charge is 0.494 e. The van der Waals surface area contributed by atoms with Crippen molar-refractivity contribution in [2.45, 2.75) is 18.7 Å². The Balaban J connectivity index is 1.67. The van der Waals surface area contributed by atoms with E-state index in [2.05, 4.69) is 20.2 Å². The lowest BCUT2D eigenvalue weighted by atomic mass is 10.2. The van der Waals surface area contributed by atoms with E-state index >= 15 is 0 Å². The maximum atomic E-state index is 12.4. The van der Waals surface area contributed by atoms with Crippen molar-refractivity contribution in [1.82, 2.24) is 10.2 Å². The summed E-state index contributed by atoms with van der Waals surface area (Å²) in [5, 5.41) is 11.0. The fourth-order valence-corrected chi connectivity index (χ4v) is 3.31. The highest BCUT2D eigenvalue weighted by molar-refractivity contribution is 7.92. The second-order valence-corrected chi connectivity index (χ2v) is 7.49. The SMILES string of the molecule is CCOc1ccc(Nc2ccc(NS(=O)(=O)c3ccc(C)cc3)nn2)cc1. The molecule has 0 unspecified atom stereocenters. The van der Waals surface area contributed by atoms with Crippen LogP contribution >= 0.6 is 0 Å². The fourth-order valence-electron chi connectivity index (χ4n) is 2.32. The quantitative estimate of drug-likeness (QED) is 0.645. The highest BCUT2D eigenvalue weighted by atomic mass is 32.2. The minimum atomic E-state index is -3.70. The average molecular weight is 384 g/mol. The molecule has 0 amide bonds. The summed E-state index contributed by atoms with van der Waals surface area (Å²) in [5.41, 5.74) is 1.80. The van der Waals surface area contributed by atoms with Gasteiger partial charge in [-0.25, -0.2) is 8.42 Å². The van der Waals surface area contributed by atoms with Crippen LogP contribution in [0.3, 0.4) is 0 Å². The van der Waals surface area contributed by atoms with Crippen LogP contribution in [0.2, 0.25) is 0 Å². The van der Waals surface area contributed by atoms with E-state index in [-0.39, 0.29) is 10.7 Å². The first-order valence-corrected chi connectivity index (χ1v) is 9.88. The van der Waals surface area contributed by atoms with Crippen LogP contribution in [0.15, 0.2) is 65.6 Å². The number of nitrogens with one attached hydrogen (secondary N) is 2. The van der Waals surface area contributed by atoms with Gasteiger partial charge in [0.05, 0.1) is 11.5 Å². The predicted molar refractivity (Wildman–Crippen MR) is 105 cm³/mol. The average Bonchev–Trinajstić information content (AvgIpc) is 2.65. The lowest BCUT2D eigenvalue weighted by Crippen LogP contribution is -2.14. The number of benzene rings is 2. The molecule has 27 heavy (non-hydrogen) atoms. The molecule has 2 N–H and O–H groups in total. The minimum Gasteiger partial charge on any atom is -0.494 e. The van der Waals surface area contributed by atoms with Gasteiger partial charge in [-0.15, -0.1) is 10.2 Å². The number of aromatic nitrogens is 2. The molecule has 0 aliphatic heterocycles. The molecule has 0 aliphatic rings. The topological polar surface area (TPSA) is 93.2 Å². The van der Waals surface area contributed by atoms with Gasteiger partial charge in [-0.1, -0.05) is 17.7 Å². The van der Waals surface area contributed by atoms with Crippen molar-refractivity contribution in [3.8, 4) is 5.75 Å². The third-order valence-corrected chi connectivity index (χ3v) is 5.04. The van der Waals surface area contributed by atoms with Gasteiger partial charge in [0.1, 0.15) is 5.75 Å². The van der Waals surface area contributed by atoms with Crippen molar-refractivity contribution in [1.29, 1.82) is 0 Å². The highest BCUT2D eigenvalue weighted by Crippen LogP contribution is 2.20. The van der Waals surface area contributed by atoms with E-state index in [1.165, 1.54) is 0 Å². The van der Waals surface area contributed by atoms with Crippen molar-refractivity contribution in [2.24, 2.45) is 0 Å². The molecule has 1 heterocycles. The number of anilines is 3. The molecule has 0 saturated heterocycles. The first-order chi connectivity index (χ1) is 13.0. The van der Waals surface area contributed by atoms with Crippen LogP contribution in [-0.2, 0) is 10.0 Å². The van der Waals surface area contributed by atoms with Gasteiger partial charge in [0, 0.05) is 5.69 Å². The van der Waals surface area contributed by atoms with Crippen molar-refractivity contribution < 1.29 is 13.2 Å². The molecular formula is C19H20N4O3S. The Morgan fingerprint density at radius 3 is 2.11 bits per heavy atom. The summed E-state index contributed by atoms with van der Waals surface area (Å²) in [7, 11) is -3.70. The molecule has 0 aliphatic carbocycles. The van der Waals surface area contributed by atoms with Gasteiger partial charge in [0.15, 0.2) is 11.6 Å². The molecule has 3 rings (SSSR count). The molecule has 1 aromatic heterocycles. The molecular weight excluding hydrogens is 364 g/mol. The first-order valence-electron chi connectivity index (χ1n) is 8.39. The van der Waals surface area contributed by atoms with Gasteiger partial charge in [0.25, 0.3) is 10.0 Å². The molecule has 140 valence electrons. The molecule has 0 fully saturated rings. The molecule has 2 aromatic carbocycles. The van der Waals surface area contributed by atoms with Gasteiger partial charge in [0.2, 0.25) is 0 Å². The number of hydrogen-bond donors (Lipinski definition) is 2. The van der Waals surface area contributed by atoms with Crippen LogP contribution in [0, 0.1) is 6.92 Å². The van der Waals surface area contributed by atoms with Gasteiger partial charge >= 0.3 is 0 Å². The minimum absolute atomic E-state index is 0.146. The zero-order chi connectivity index (χ0) is 19.3. The van der Waals surface area contributed by atoms with E-state index in [0.29, 0.717) is 12.4 Å². The molecule has 0 spiro atoms. The van der Waals surface area contributed by atoms with Crippen LogP contribution in [0.1, 0.15) is 12.5 Å². The summed E-state index contributed by atoms with van der Waals surface area (Å²) in [6.07, 6.45) is 0. The molecule has 3 aromatic rings. The van der Waals surface area contributed by atoms with Crippen molar-refractivity contribution in [2.75, 3.05) is 16.6 Å². The number of nitrogens with zero attached hydrogens (tertiary/aromatic N) is 2. The van der Waals surface area contributed by atoms with E-state index < -0.39 is 10.0 Å². The summed E-state index contributed by atoms with van der Waals surface area (Å²) in [6, 6.07) is 17.2. The summed E-state index contributed by atoms with van der Waals surface area (Å²) in [6.45, 7) is 4.43. The van der Waals surface area contributed by atoms with Crippen LogP contribution < -0.4 is 14.8 Å². The molecule has 0 radical (unpaired) electrons. The number of hydrogen-bond acceptors (Lipinski definition) is 6. The second-order valence-electron chi connectivity index (χ2n) is 5.80. The zero-order valence-electron chi connectivity index (χ0n) is 15.0. The highest BCUT2D eigenvalue weighted by Gasteiger charge is 2.14. The van der Waals surface area contributed by atoms with Crippen molar-refractivity contribution >= 4 is 27.3 Å². The Bertz CT molecular complexity index is 987. The molecule has 8 heteroatoms. The Hall–Kier alpha value is -3.13. The third-order valence-electron chi connectivity index (χ3n) is 3.67. The number of aryl methyl sites for hydroxylation is 1. The summed E-state index contributed by atoms with van der Waals surface area (Å²) in [5.74, 6) is 1.43. The van der Waals surface area contributed by atoms with Crippen LogP contribution in [0.5, 0.6) is 5.75 Å². The first kappa shape index (κ1) is 18.7. The van der Waals surface area contributed by atoms with Gasteiger partial charge in [-0.05, 0) is 62.4 Å². The Kier molecular flexibility index (Phi) is 5.56. The Morgan fingerprint density at radius 2 is 1.52 bits per heavy atom. The maximum absolute atomic E-state index is 12.4. The number of ether oxygens (including phenoxy) is 1. The van der Waals surface area contributed by atoms with Gasteiger partial charge in [-0.2, -0.15) is 0 Å². The fraction of sp³-hybridized carbons (Fsp3) is 0.158. The monoisotopic (exact) mass is 384 g/mol. The molecule has 7 nitrogen and oxygen atoms in total. The predicted octanol–water partition coefficient (Wildman–Crippen LogP) is 3.73. The van der Waals surface area contributed by atoms with Gasteiger partial charge < -0.3 is 10.1 Å². The number of rotatable bonds is 7. The number of sulfonamides is 1. The van der Waals surface area contributed by atoms with Crippen LogP contribution in [-0.4, -0.2) is 25.2 Å². The van der Waals surface area contributed by atoms with E-state index in [1.54, 1.807) is 36.4 Å². The summed E-state index contributed by atoms with van der Waals surface area (Å²) in [4.78, 5) is 0.173. The third kappa shape index (κ3) is 4.95. The standard InChI is InChI=1S/C19H20N4O3S/c1-3-26-16-8-6-15(7-9-16)20-18-12-13-19(22-21-18)23-27(24,25)17-10-4-14(2)5-11-17/h4-13H,3H2,1-2H3,(H,20,21)(H,22,23). The summed E-state index contributed by atoms with van der Waals surface area (Å²) >= 11 is 0. The lowest BCUT2D eigenvalue weighted by Gasteiger charge is -2.09. The zero-order valence-corrected chi connectivity index (χ0v) is 15.8. The maximum Gasteiger partial charge on any atom is 0.263 e. The summed E-state index contributed by atoms with van der Waals surface area (Å²) < 4.78 is 32.6. The van der Waals surface area contributed by atoms with E-state index in [9.17, 15) is 8.42 Å². The molecule has 0 saturated carbocycles. The smallest absolute Gasteiger partial charge is 0.263 e. The Morgan fingerprint density at radius 1 is 0.889 bits per heavy atom. The van der Waals surface area contributed by atoms with Gasteiger partial charge in [-0.3, -0.25) is 4.72 Å². The van der Waals surface area contributed by atoms with E-state index in [4.69, 9.17) is 4.74 Å².